The largest absolute Gasteiger partial charge is 0.504 e. The molecule has 0 atom stereocenters. The van der Waals surface area contributed by atoms with Crippen LogP contribution in [-0.2, 0) is 14.4 Å². The molecule has 3 amide bonds. The molecule has 1 heterocycles. The van der Waals surface area contributed by atoms with E-state index in [1.807, 2.05) is 0 Å². The fourth-order valence-corrected chi connectivity index (χ4v) is 2.78. The Kier molecular flexibility index (Phi) is 5.65. The second-order valence-electron chi connectivity index (χ2n) is 4.87. The number of nitrogens with one attached hydrogen (secondary N) is 1. The number of hydrogen-bond donors (Lipinski definition) is 3. The van der Waals surface area contributed by atoms with Gasteiger partial charge < -0.3 is 20.3 Å². The summed E-state index contributed by atoms with van der Waals surface area (Å²) in [6, 6.07) is 4.41. The molecule has 1 aromatic rings. The molecule has 1 aliphatic rings. The molecule has 25 heavy (non-hydrogen) atoms. The lowest BCUT2D eigenvalue weighted by Crippen LogP contribution is -2.41. The SMILES string of the molecule is COc1cc(/C=C2\SC(=O)N(CC(=O)NCC(=O)O)C2=O)ccc1O. The number of hydrogen-bond acceptors (Lipinski definition) is 7. The minimum Gasteiger partial charge on any atom is -0.504 e. The fraction of sp³-hybridized carbons (Fsp3) is 0.200. The molecule has 0 spiro atoms. The van der Waals surface area contributed by atoms with Gasteiger partial charge in [-0.05, 0) is 35.5 Å². The number of imide groups is 1. The van der Waals surface area contributed by atoms with Crippen LogP contribution in [0.15, 0.2) is 23.1 Å². The molecule has 3 N–H and O–H groups in total. The minimum atomic E-state index is -1.23. The van der Waals surface area contributed by atoms with Crippen molar-refractivity contribution < 1.29 is 34.1 Å². The third kappa shape index (κ3) is 4.51. The molecule has 0 aromatic heterocycles. The number of methoxy groups -OCH3 is 1. The zero-order valence-corrected chi connectivity index (χ0v) is 13.8. The maximum atomic E-state index is 12.3. The number of nitrogens with zero attached hydrogens (tertiary/aromatic N) is 1. The van der Waals surface area contributed by atoms with E-state index in [1.165, 1.54) is 31.4 Å². The van der Waals surface area contributed by atoms with Crippen LogP contribution in [0.1, 0.15) is 5.56 Å². The van der Waals surface area contributed by atoms with Crippen molar-refractivity contribution in [3.63, 3.8) is 0 Å². The number of phenols is 1. The van der Waals surface area contributed by atoms with E-state index in [-0.39, 0.29) is 16.4 Å². The number of carbonyl (C=O) groups is 4. The van der Waals surface area contributed by atoms with Crippen LogP contribution in [0.3, 0.4) is 0 Å². The number of benzene rings is 1. The van der Waals surface area contributed by atoms with Gasteiger partial charge in [0.25, 0.3) is 11.1 Å². The van der Waals surface area contributed by atoms with Crippen molar-refractivity contribution in [1.82, 2.24) is 10.2 Å². The molecule has 1 saturated heterocycles. The lowest BCUT2D eigenvalue weighted by molar-refractivity contribution is -0.138. The summed E-state index contributed by atoms with van der Waals surface area (Å²) >= 11 is 0.660. The van der Waals surface area contributed by atoms with Crippen molar-refractivity contribution in [2.45, 2.75) is 0 Å². The number of carboxylic acids is 1. The molecule has 9 nitrogen and oxygen atoms in total. The summed E-state index contributed by atoms with van der Waals surface area (Å²) in [7, 11) is 1.38. The summed E-state index contributed by atoms with van der Waals surface area (Å²) in [6.45, 7) is -1.16. The number of rotatable bonds is 6. The van der Waals surface area contributed by atoms with E-state index in [2.05, 4.69) is 5.32 Å². The van der Waals surface area contributed by atoms with Gasteiger partial charge in [-0.3, -0.25) is 24.1 Å². The Morgan fingerprint density at radius 1 is 1.36 bits per heavy atom. The zero-order chi connectivity index (χ0) is 18.6. The molecule has 1 aromatic carbocycles. The lowest BCUT2D eigenvalue weighted by atomic mass is 10.2. The molecular weight excluding hydrogens is 352 g/mol. The highest BCUT2D eigenvalue weighted by molar-refractivity contribution is 8.18. The van der Waals surface area contributed by atoms with Gasteiger partial charge in [0.1, 0.15) is 13.1 Å². The average Bonchev–Trinajstić information content (AvgIpc) is 2.82. The third-order valence-electron chi connectivity index (χ3n) is 3.11. The Morgan fingerprint density at radius 2 is 2.08 bits per heavy atom. The Labute approximate surface area is 146 Å². The van der Waals surface area contributed by atoms with Crippen LogP contribution < -0.4 is 10.1 Å². The Bertz CT molecular complexity index is 775. The Hall–Kier alpha value is -3.01. The van der Waals surface area contributed by atoms with E-state index in [9.17, 15) is 24.3 Å². The van der Waals surface area contributed by atoms with E-state index in [0.29, 0.717) is 17.3 Å². The van der Waals surface area contributed by atoms with E-state index < -0.39 is 36.1 Å². The minimum absolute atomic E-state index is 0.0668. The topological polar surface area (TPSA) is 133 Å². The number of thioether (sulfide) groups is 1. The number of aliphatic carboxylic acids is 1. The molecule has 132 valence electrons. The molecule has 1 fully saturated rings. The van der Waals surface area contributed by atoms with Crippen LogP contribution >= 0.6 is 11.8 Å². The first-order chi connectivity index (χ1) is 11.8. The summed E-state index contributed by atoms with van der Waals surface area (Å²) in [6.07, 6.45) is 1.43. The highest BCUT2D eigenvalue weighted by Crippen LogP contribution is 2.33. The van der Waals surface area contributed by atoms with Crippen molar-refractivity contribution in [2.75, 3.05) is 20.2 Å². The molecule has 1 aliphatic heterocycles. The van der Waals surface area contributed by atoms with Crippen LogP contribution in [0, 0.1) is 0 Å². The van der Waals surface area contributed by atoms with Gasteiger partial charge in [0.05, 0.1) is 12.0 Å². The van der Waals surface area contributed by atoms with E-state index in [4.69, 9.17) is 9.84 Å². The predicted molar refractivity (Wildman–Crippen MR) is 88.0 cm³/mol. The first kappa shape index (κ1) is 18.3. The number of amides is 3. The summed E-state index contributed by atoms with van der Waals surface area (Å²) in [4.78, 5) is 47.0. The van der Waals surface area contributed by atoms with E-state index >= 15 is 0 Å². The summed E-state index contributed by atoms with van der Waals surface area (Å²) in [5.41, 5.74) is 0.524. The van der Waals surface area contributed by atoms with Crippen molar-refractivity contribution in [3.05, 3.63) is 28.7 Å². The van der Waals surface area contributed by atoms with Crippen LogP contribution in [-0.4, -0.2) is 58.3 Å². The van der Waals surface area contributed by atoms with Crippen LogP contribution in [0.5, 0.6) is 11.5 Å². The quantitative estimate of drug-likeness (QED) is 0.625. The van der Waals surface area contributed by atoms with Crippen molar-refractivity contribution in [1.29, 1.82) is 0 Å². The molecule has 0 unspecified atom stereocenters. The number of phenolic OH excluding ortho intramolecular Hbond substituents is 1. The van der Waals surface area contributed by atoms with Gasteiger partial charge in [0.15, 0.2) is 11.5 Å². The van der Waals surface area contributed by atoms with E-state index in [1.54, 1.807) is 0 Å². The first-order valence-electron chi connectivity index (χ1n) is 6.92. The second-order valence-corrected chi connectivity index (χ2v) is 5.86. The third-order valence-corrected chi connectivity index (χ3v) is 4.02. The molecule has 10 heteroatoms. The number of ether oxygens (including phenoxy) is 1. The van der Waals surface area contributed by atoms with Crippen LogP contribution in [0.2, 0.25) is 0 Å². The van der Waals surface area contributed by atoms with Crippen LogP contribution in [0.4, 0.5) is 4.79 Å². The standard InChI is InChI=1S/C15H14N2O7S/c1-24-10-4-8(2-3-9(10)18)5-11-14(22)17(15(23)25-11)7-12(19)16-6-13(20)21/h2-5,18H,6-7H2,1H3,(H,16,19)(H,20,21)/b11-5-. The molecule has 2 rings (SSSR count). The van der Waals surface area contributed by atoms with E-state index in [0.717, 1.165) is 4.90 Å². The zero-order valence-electron chi connectivity index (χ0n) is 13.0. The Morgan fingerprint density at radius 3 is 2.72 bits per heavy atom. The average molecular weight is 366 g/mol. The van der Waals surface area contributed by atoms with Crippen molar-refractivity contribution in [2.24, 2.45) is 0 Å². The van der Waals surface area contributed by atoms with Gasteiger partial charge in [-0.2, -0.15) is 0 Å². The molecule has 0 bridgehead atoms. The Balaban J connectivity index is 2.12. The highest BCUT2D eigenvalue weighted by atomic mass is 32.2. The summed E-state index contributed by atoms with van der Waals surface area (Å²) < 4.78 is 4.97. The summed E-state index contributed by atoms with van der Waals surface area (Å²) in [5.74, 6) is -2.50. The van der Waals surface area contributed by atoms with Gasteiger partial charge in [0, 0.05) is 0 Å². The van der Waals surface area contributed by atoms with Gasteiger partial charge in [-0.25, -0.2) is 0 Å². The molecule has 0 aliphatic carbocycles. The number of aromatic hydroxyl groups is 1. The lowest BCUT2D eigenvalue weighted by Gasteiger charge is -2.11. The van der Waals surface area contributed by atoms with Crippen molar-refractivity contribution in [3.8, 4) is 11.5 Å². The fourth-order valence-electron chi connectivity index (χ4n) is 1.95. The van der Waals surface area contributed by atoms with Gasteiger partial charge in [-0.15, -0.1) is 0 Å². The number of carboxylic acid groups (broad SMARTS) is 1. The molecule has 0 radical (unpaired) electrons. The van der Waals surface area contributed by atoms with Crippen molar-refractivity contribution >= 4 is 40.9 Å². The normalized spacial score (nSPS) is 15.6. The van der Waals surface area contributed by atoms with Gasteiger partial charge in [-0.1, -0.05) is 6.07 Å². The maximum Gasteiger partial charge on any atom is 0.322 e. The summed E-state index contributed by atoms with van der Waals surface area (Å²) in [5, 5.41) is 19.5. The monoisotopic (exact) mass is 366 g/mol. The molecule has 0 saturated carbocycles. The highest BCUT2D eigenvalue weighted by Gasteiger charge is 2.36. The first-order valence-corrected chi connectivity index (χ1v) is 7.74. The van der Waals surface area contributed by atoms with Crippen LogP contribution in [0.25, 0.3) is 6.08 Å². The van der Waals surface area contributed by atoms with Gasteiger partial charge in [0.2, 0.25) is 5.91 Å². The second kappa shape index (κ2) is 7.71. The maximum absolute atomic E-state index is 12.3. The van der Waals surface area contributed by atoms with Gasteiger partial charge >= 0.3 is 5.97 Å². The smallest absolute Gasteiger partial charge is 0.322 e. The predicted octanol–water partition coefficient (Wildman–Crippen LogP) is 0.638. The number of carbonyl (C=O) groups excluding carboxylic acids is 3. The molecular formula is C15H14N2O7S.